The second-order valence-electron chi connectivity index (χ2n) is 3.67. The quantitative estimate of drug-likeness (QED) is 0.909. The third kappa shape index (κ3) is 2.39. The smallest absolute Gasteiger partial charge is 0.225 e. The Labute approximate surface area is 103 Å². The first-order chi connectivity index (χ1) is 8.39. The lowest BCUT2D eigenvalue weighted by atomic mass is 10.0. The summed E-state index contributed by atoms with van der Waals surface area (Å²) in [5.74, 6) is -1.42. The van der Waals surface area contributed by atoms with Crippen molar-refractivity contribution >= 4 is 10.0 Å². The summed E-state index contributed by atoms with van der Waals surface area (Å²) in [5, 5.41) is 4.93. The Kier molecular flexibility index (Phi) is 3.14. The van der Waals surface area contributed by atoms with E-state index in [1.54, 1.807) is 0 Å². The summed E-state index contributed by atoms with van der Waals surface area (Å²) >= 11 is 0. The molecular weight excluding hydrogens is 260 g/mol. The normalized spacial score (nSPS) is 11.5. The van der Waals surface area contributed by atoms with Crippen LogP contribution in [-0.4, -0.2) is 8.42 Å². The molecule has 18 heavy (non-hydrogen) atoms. The Morgan fingerprint density at radius 1 is 0.889 bits per heavy atom. The van der Waals surface area contributed by atoms with E-state index in [1.807, 2.05) is 0 Å². The molecule has 0 aliphatic rings. The van der Waals surface area contributed by atoms with Gasteiger partial charge in [0.2, 0.25) is 10.0 Å². The van der Waals surface area contributed by atoms with Gasteiger partial charge in [-0.1, -0.05) is 18.2 Å². The van der Waals surface area contributed by atoms with Crippen LogP contribution in [0.15, 0.2) is 47.4 Å². The number of nitrogens with two attached hydrogens (primary N) is 1. The van der Waals surface area contributed by atoms with Crippen LogP contribution in [-0.2, 0) is 10.0 Å². The Bertz CT molecular complexity index is 661. The second kappa shape index (κ2) is 4.47. The fraction of sp³-hybridized carbons (Fsp3) is 0. The highest BCUT2D eigenvalue weighted by Gasteiger charge is 2.12. The van der Waals surface area contributed by atoms with Gasteiger partial charge in [0, 0.05) is 0 Å². The number of hydrogen-bond acceptors (Lipinski definition) is 2. The number of halogens is 2. The zero-order chi connectivity index (χ0) is 13.3. The van der Waals surface area contributed by atoms with Crippen molar-refractivity contribution in [2.75, 3.05) is 0 Å². The van der Waals surface area contributed by atoms with Gasteiger partial charge < -0.3 is 0 Å². The van der Waals surface area contributed by atoms with Gasteiger partial charge >= 0.3 is 0 Å². The van der Waals surface area contributed by atoms with Crippen molar-refractivity contribution in [3.8, 4) is 11.1 Å². The monoisotopic (exact) mass is 269 g/mol. The SMILES string of the molecule is NS(=O)(=O)c1ccc(-c2c(F)cccc2F)cc1. The lowest BCUT2D eigenvalue weighted by Crippen LogP contribution is -2.11. The van der Waals surface area contributed by atoms with Gasteiger partial charge in [-0.05, 0) is 29.8 Å². The average Bonchev–Trinajstić information content (AvgIpc) is 2.28. The topological polar surface area (TPSA) is 60.2 Å². The van der Waals surface area contributed by atoms with Crippen LogP contribution in [0, 0.1) is 11.6 Å². The van der Waals surface area contributed by atoms with Gasteiger partial charge in [0.05, 0.1) is 10.5 Å². The standard InChI is InChI=1S/C12H9F2NO2S/c13-10-2-1-3-11(14)12(10)8-4-6-9(7-5-8)18(15,16)17/h1-7H,(H2,15,16,17). The van der Waals surface area contributed by atoms with Crippen LogP contribution in [0.1, 0.15) is 0 Å². The minimum atomic E-state index is -3.81. The molecule has 0 bridgehead atoms. The molecule has 2 aromatic rings. The van der Waals surface area contributed by atoms with Gasteiger partial charge in [-0.3, -0.25) is 0 Å². The molecule has 0 spiro atoms. The lowest BCUT2D eigenvalue weighted by molar-refractivity contribution is 0.589. The van der Waals surface area contributed by atoms with E-state index < -0.39 is 21.7 Å². The summed E-state index contributed by atoms with van der Waals surface area (Å²) in [5.41, 5.74) is 0.0523. The van der Waals surface area contributed by atoms with Crippen molar-refractivity contribution in [1.82, 2.24) is 0 Å². The zero-order valence-corrected chi connectivity index (χ0v) is 9.92. The van der Waals surface area contributed by atoms with Crippen molar-refractivity contribution in [2.24, 2.45) is 5.14 Å². The first kappa shape index (κ1) is 12.7. The van der Waals surface area contributed by atoms with E-state index in [4.69, 9.17) is 5.14 Å². The Hall–Kier alpha value is -1.79. The molecule has 0 aromatic heterocycles. The van der Waals surface area contributed by atoms with Gasteiger partial charge in [-0.25, -0.2) is 22.3 Å². The molecule has 94 valence electrons. The molecule has 0 aliphatic carbocycles. The molecule has 2 N–H and O–H groups in total. The number of benzene rings is 2. The van der Waals surface area contributed by atoms with E-state index in [2.05, 4.69) is 0 Å². The van der Waals surface area contributed by atoms with Crippen molar-refractivity contribution in [3.05, 3.63) is 54.1 Å². The minimum absolute atomic E-state index is 0.108. The Morgan fingerprint density at radius 3 is 1.83 bits per heavy atom. The molecule has 0 atom stereocenters. The predicted octanol–water partition coefficient (Wildman–Crippen LogP) is 2.28. The molecule has 3 nitrogen and oxygen atoms in total. The summed E-state index contributed by atoms with van der Waals surface area (Å²) in [4.78, 5) is -0.108. The highest BCUT2D eigenvalue weighted by atomic mass is 32.2. The summed E-state index contributed by atoms with van der Waals surface area (Å²) in [6.07, 6.45) is 0. The van der Waals surface area contributed by atoms with E-state index in [0.29, 0.717) is 0 Å². The van der Waals surface area contributed by atoms with Crippen molar-refractivity contribution in [1.29, 1.82) is 0 Å². The summed E-state index contributed by atoms with van der Waals surface area (Å²) in [7, 11) is -3.81. The average molecular weight is 269 g/mol. The molecule has 0 heterocycles. The first-order valence-corrected chi connectivity index (χ1v) is 6.51. The molecule has 0 radical (unpaired) electrons. The van der Waals surface area contributed by atoms with Crippen LogP contribution in [0.2, 0.25) is 0 Å². The molecule has 0 amide bonds. The fourth-order valence-electron chi connectivity index (χ4n) is 1.58. The van der Waals surface area contributed by atoms with Crippen LogP contribution in [0.3, 0.4) is 0 Å². The Balaban J connectivity index is 2.54. The molecule has 0 aliphatic heterocycles. The predicted molar refractivity (Wildman–Crippen MR) is 63.2 cm³/mol. The fourth-order valence-corrected chi connectivity index (χ4v) is 2.10. The zero-order valence-electron chi connectivity index (χ0n) is 9.10. The van der Waals surface area contributed by atoms with Crippen LogP contribution in [0.4, 0.5) is 8.78 Å². The minimum Gasteiger partial charge on any atom is -0.225 e. The van der Waals surface area contributed by atoms with Gasteiger partial charge in [0.1, 0.15) is 11.6 Å². The highest BCUT2D eigenvalue weighted by molar-refractivity contribution is 7.89. The van der Waals surface area contributed by atoms with E-state index in [1.165, 1.54) is 30.3 Å². The maximum atomic E-state index is 13.5. The van der Waals surface area contributed by atoms with Gasteiger partial charge in [0.15, 0.2) is 0 Å². The van der Waals surface area contributed by atoms with Gasteiger partial charge in [-0.15, -0.1) is 0 Å². The third-order valence-corrected chi connectivity index (χ3v) is 3.36. The molecule has 2 aromatic carbocycles. The molecular formula is C12H9F2NO2S. The number of hydrogen-bond donors (Lipinski definition) is 1. The largest absolute Gasteiger partial charge is 0.238 e. The summed E-state index contributed by atoms with van der Waals surface area (Å²) in [6, 6.07) is 8.54. The van der Waals surface area contributed by atoms with Crippen molar-refractivity contribution in [3.63, 3.8) is 0 Å². The molecule has 0 unspecified atom stereocenters. The molecule has 0 fully saturated rings. The van der Waals surface area contributed by atoms with E-state index in [-0.39, 0.29) is 16.0 Å². The van der Waals surface area contributed by atoms with Crippen LogP contribution < -0.4 is 5.14 Å². The Morgan fingerprint density at radius 2 is 1.39 bits per heavy atom. The lowest BCUT2D eigenvalue weighted by Gasteiger charge is -2.05. The van der Waals surface area contributed by atoms with Gasteiger partial charge in [-0.2, -0.15) is 0 Å². The number of rotatable bonds is 2. The molecule has 2 rings (SSSR count). The number of primary sulfonamides is 1. The van der Waals surface area contributed by atoms with Crippen LogP contribution in [0.5, 0.6) is 0 Å². The van der Waals surface area contributed by atoms with Crippen LogP contribution in [0.25, 0.3) is 11.1 Å². The maximum absolute atomic E-state index is 13.5. The van der Waals surface area contributed by atoms with E-state index in [9.17, 15) is 17.2 Å². The van der Waals surface area contributed by atoms with E-state index in [0.717, 1.165) is 12.1 Å². The third-order valence-electron chi connectivity index (χ3n) is 2.43. The molecule has 6 heteroatoms. The number of sulfonamides is 1. The van der Waals surface area contributed by atoms with E-state index >= 15 is 0 Å². The molecule has 0 saturated heterocycles. The second-order valence-corrected chi connectivity index (χ2v) is 5.23. The van der Waals surface area contributed by atoms with Crippen molar-refractivity contribution < 1.29 is 17.2 Å². The summed E-state index contributed by atoms with van der Waals surface area (Å²) < 4.78 is 49.1. The molecule has 0 saturated carbocycles. The van der Waals surface area contributed by atoms with Gasteiger partial charge in [0.25, 0.3) is 0 Å². The summed E-state index contributed by atoms with van der Waals surface area (Å²) in [6.45, 7) is 0. The van der Waals surface area contributed by atoms with Crippen molar-refractivity contribution in [2.45, 2.75) is 4.90 Å². The first-order valence-electron chi connectivity index (χ1n) is 4.97. The highest BCUT2D eigenvalue weighted by Crippen LogP contribution is 2.26. The van der Waals surface area contributed by atoms with Crippen LogP contribution >= 0.6 is 0 Å². The maximum Gasteiger partial charge on any atom is 0.238 e.